The second kappa shape index (κ2) is 6.19. The number of hydrogen-bond acceptors (Lipinski definition) is 4. The third-order valence-corrected chi connectivity index (χ3v) is 3.60. The normalized spacial score (nSPS) is 11.9. The molecule has 0 radical (unpaired) electrons. The summed E-state index contributed by atoms with van der Waals surface area (Å²) in [6.45, 7) is 1.49. The van der Waals surface area contributed by atoms with E-state index in [4.69, 9.17) is 4.74 Å². The third kappa shape index (κ3) is 3.26. The molecular weight excluding hydrogens is 373 g/mol. The van der Waals surface area contributed by atoms with Gasteiger partial charge in [-0.1, -0.05) is 12.1 Å². The minimum atomic E-state index is -0.902. The Labute approximate surface area is 129 Å². The fraction of sp³-hybridized carbons (Fsp3) is 0.143. The molecule has 0 saturated carbocycles. The minimum absolute atomic E-state index is 0.150. The molecular formula is C14H12INO4. The largest absolute Gasteiger partial charge is 0.456 e. The summed E-state index contributed by atoms with van der Waals surface area (Å²) >= 11 is 2.13. The van der Waals surface area contributed by atoms with E-state index in [2.05, 4.69) is 22.6 Å². The average molecular weight is 385 g/mol. The standard InChI is InChI=1S/C14H12INO4/c1-9(17)11-7-6-10(8-13(11)16(18)19)20-14-5-3-2-4-12(14)15/h2-9,17H,1H3. The van der Waals surface area contributed by atoms with Crippen molar-refractivity contribution in [3.63, 3.8) is 0 Å². The summed E-state index contributed by atoms with van der Waals surface area (Å²) in [5.74, 6) is 0.998. The van der Waals surface area contributed by atoms with Crippen LogP contribution in [0.1, 0.15) is 18.6 Å². The van der Waals surface area contributed by atoms with Gasteiger partial charge in [0, 0.05) is 0 Å². The third-order valence-electron chi connectivity index (χ3n) is 2.71. The molecule has 0 aliphatic carbocycles. The van der Waals surface area contributed by atoms with Gasteiger partial charge in [0.25, 0.3) is 5.69 Å². The molecule has 1 unspecified atom stereocenters. The molecule has 0 aliphatic rings. The van der Waals surface area contributed by atoms with Crippen molar-refractivity contribution in [1.82, 2.24) is 0 Å². The molecule has 0 saturated heterocycles. The molecule has 0 bridgehead atoms. The fourth-order valence-corrected chi connectivity index (χ4v) is 2.25. The van der Waals surface area contributed by atoms with Crippen LogP contribution in [0.4, 0.5) is 5.69 Å². The fourth-order valence-electron chi connectivity index (χ4n) is 1.75. The first kappa shape index (κ1) is 14.7. The van der Waals surface area contributed by atoms with E-state index < -0.39 is 11.0 Å². The molecule has 0 spiro atoms. The first-order valence-corrected chi connectivity index (χ1v) is 6.95. The van der Waals surface area contributed by atoms with Crippen molar-refractivity contribution in [2.45, 2.75) is 13.0 Å². The molecule has 0 aliphatic heterocycles. The number of aliphatic hydroxyl groups excluding tert-OH is 1. The van der Waals surface area contributed by atoms with Gasteiger partial charge in [0.2, 0.25) is 0 Å². The van der Waals surface area contributed by atoms with Crippen LogP contribution in [0.25, 0.3) is 0 Å². The van der Waals surface area contributed by atoms with Crippen LogP contribution in [0.5, 0.6) is 11.5 Å². The Morgan fingerprint density at radius 3 is 2.60 bits per heavy atom. The zero-order chi connectivity index (χ0) is 14.7. The summed E-state index contributed by atoms with van der Waals surface area (Å²) in [5.41, 5.74) is 0.119. The van der Waals surface area contributed by atoms with Gasteiger partial charge in [0.15, 0.2) is 0 Å². The number of rotatable bonds is 4. The van der Waals surface area contributed by atoms with Gasteiger partial charge < -0.3 is 9.84 Å². The van der Waals surface area contributed by atoms with E-state index >= 15 is 0 Å². The highest BCUT2D eigenvalue weighted by molar-refractivity contribution is 14.1. The van der Waals surface area contributed by atoms with Crippen molar-refractivity contribution in [3.05, 3.63) is 61.7 Å². The van der Waals surface area contributed by atoms with Crippen LogP contribution < -0.4 is 4.74 Å². The maximum Gasteiger partial charge on any atom is 0.278 e. The second-order valence-corrected chi connectivity index (χ2v) is 5.35. The van der Waals surface area contributed by atoms with Gasteiger partial charge in [-0.2, -0.15) is 0 Å². The lowest BCUT2D eigenvalue weighted by atomic mass is 10.1. The lowest BCUT2D eigenvalue weighted by Crippen LogP contribution is -1.99. The number of aliphatic hydroxyl groups is 1. The van der Waals surface area contributed by atoms with E-state index in [1.807, 2.05) is 18.2 Å². The van der Waals surface area contributed by atoms with E-state index in [1.54, 1.807) is 12.1 Å². The van der Waals surface area contributed by atoms with Crippen LogP contribution in [0.3, 0.4) is 0 Å². The number of halogens is 1. The molecule has 1 N–H and O–H groups in total. The summed E-state index contributed by atoms with van der Waals surface area (Å²) in [4.78, 5) is 10.5. The van der Waals surface area contributed by atoms with Gasteiger partial charge in [-0.15, -0.1) is 0 Å². The Hall–Kier alpha value is -1.67. The van der Waals surface area contributed by atoms with Gasteiger partial charge in [-0.05, 0) is 53.8 Å². The molecule has 0 aromatic heterocycles. The molecule has 0 fully saturated rings. The number of para-hydroxylation sites is 1. The summed E-state index contributed by atoms with van der Waals surface area (Å²) in [6.07, 6.45) is -0.902. The highest BCUT2D eigenvalue weighted by atomic mass is 127. The van der Waals surface area contributed by atoms with Crippen molar-refractivity contribution in [1.29, 1.82) is 0 Å². The van der Waals surface area contributed by atoms with Gasteiger partial charge in [0.1, 0.15) is 11.5 Å². The van der Waals surface area contributed by atoms with Crippen molar-refractivity contribution in [3.8, 4) is 11.5 Å². The number of ether oxygens (including phenoxy) is 1. The number of benzene rings is 2. The number of hydrogen-bond donors (Lipinski definition) is 1. The first-order valence-electron chi connectivity index (χ1n) is 5.88. The lowest BCUT2D eigenvalue weighted by molar-refractivity contribution is -0.386. The Morgan fingerprint density at radius 2 is 2.00 bits per heavy atom. The summed E-state index contributed by atoms with van der Waals surface area (Å²) in [5, 5.41) is 20.6. The number of nitro benzene ring substituents is 1. The Kier molecular flexibility index (Phi) is 4.56. The zero-order valence-corrected chi connectivity index (χ0v) is 12.8. The highest BCUT2D eigenvalue weighted by Crippen LogP contribution is 2.32. The first-order chi connectivity index (χ1) is 9.49. The molecule has 2 rings (SSSR count). The van der Waals surface area contributed by atoms with Crippen LogP contribution >= 0.6 is 22.6 Å². The summed E-state index contributed by atoms with van der Waals surface area (Å²) in [7, 11) is 0. The predicted octanol–water partition coefficient (Wildman–Crippen LogP) is 4.05. The quantitative estimate of drug-likeness (QED) is 0.490. The molecule has 6 heteroatoms. The lowest BCUT2D eigenvalue weighted by Gasteiger charge is -2.10. The SMILES string of the molecule is CC(O)c1ccc(Oc2ccccc2I)cc1[N+](=O)[O-]. The Bertz CT molecular complexity index is 643. The second-order valence-electron chi connectivity index (χ2n) is 4.19. The molecule has 104 valence electrons. The topological polar surface area (TPSA) is 72.6 Å². The Balaban J connectivity index is 2.37. The minimum Gasteiger partial charge on any atom is -0.456 e. The van der Waals surface area contributed by atoms with Crippen molar-refractivity contribution < 1.29 is 14.8 Å². The van der Waals surface area contributed by atoms with E-state index in [9.17, 15) is 15.2 Å². The van der Waals surface area contributed by atoms with Crippen LogP contribution in [-0.4, -0.2) is 10.0 Å². The van der Waals surface area contributed by atoms with Crippen LogP contribution in [0.15, 0.2) is 42.5 Å². The van der Waals surface area contributed by atoms with Crippen LogP contribution in [0.2, 0.25) is 0 Å². The van der Waals surface area contributed by atoms with Gasteiger partial charge in [-0.3, -0.25) is 10.1 Å². The smallest absolute Gasteiger partial charge is 0.278 e. The molecule has 2 aromatic carbocycles. The molecule has 20 heavy (non-hydrogen) atoms. The van der Waals surface area contributed by atoms with Crippen molar-refractivity contribution >= 4 is 28.3 Å². The monoisotopic (exact) mass is 385 g/mol. The molecule has 0 heterocycles. The van der Waals surface area contributed by atoms with Crippen LogP contribution in [-0.2, 0) is 0 Å². The molecule has 2 aromatic rings. The van der Waals surface area contributed by atoms with Crippen molar-refractivity contribution in [2.24, 2.45) is 0 Å². The Morgan fingerprint density at radius 1 is 1.30 bits per heavy atom. The van der Waals surface area contributed by atoms with Crippen molar-refractivity contribution in [2.75, 3.05) is 0 Å². The molecule has 1 atom stereocenters. The van der Waals surface area contributed by atoms with E-state index in [-0.39, 0.29) is 11.3 Å². The van der Waals surface area contributed by atoms with E-state index in [0.29, 0.717) is 11.5 Å². The van der Waals surface area contributed by atoms with Crippen LogP contribution in [0, 0.1) is 13.7 Å². The number of nitrogens with zero attached hydrogens (tertiary/aromatic N) is 1. The average Bonchev–Trinajstić information content (AvgIpc) is 2.41. The maximum atomic E-state index is 11.0. The van der Waals surface area contributed by atoms with Gasteiger partial charge >= 0.3 is 0 Å². The number of nitro groups is 1. The molecule has 5 nitrogen and oxygen atoms in total. The van der Waals surface area contributed by atoms with Gasteiger partial charge in [0.05, 0.1) is 26.2 Å². The van der Waals surface area contributed by atoms with Gasteiger partial charge in [-0.25, -0.2) is 0 Å². The van der Waals surface area contributed by atoms with E-state index in [0.717, 1.165) is 3.57 Å². The van der Waals surface area contributed by atoms with E-state index in [1.165, 1.54) is 19.1 Å². The summed E-state index contributed by atoms with van der Waals surface area (Å²) in [6, 6.07) is 11.8. The predicted molar refractivity (Wildman–Crippen MR) is 83.0 cm³/mol. The maximum absolute atomic E-state index is 11.0. The summed E-state index contributed by atoms with van der Waals surface area (Å²) < 4.78 is 6.55. The zero-order valence-electron chi connectivity index (χ0n) is 10.6. The highest BCUT2D eigenvalue weighted by Gasteiger charge is 2.19. The molecule has 0 amide bonds.